The van der Waals surface area contributed by atoms with Gasteiger partial charge in [-0.2, -0.15) is 23.4 Å². The van der Waals surface area contributed by atoms with Gasteiger partial charge in [-0.05, 0) is 76.7 Å². The van der Waals surface area contributed by atoms with Crippen LogP contribution in [0, 0.1) is 19.1 Å². The van der Waals surface area contributed by atoms with Crippen molar-refractivity contribution in [3.63, 3.8) is 0 Å². The van der Waals surface area contributed by atoms with Gasteiger partial charge < -0.3 is 0 Å². The zero-order valence-corrected chi connectivity index (χ0v) is 20.8. The van der Waals surface area contributed by atoms with Gasteiger partial charge >= 0.3 is 6.18 Å². The molecule has 0 aliphatic carbocycles. The predicted octanol–water partition coefficient (Wildman–Crippen LogP) is 9.01. The molecule has 188 valence electrons. The van der Waals surface area contributed by atoms with Gasteiger partial charge in [0, 0.05) is 22.1 Å². The molecule has 0 saturated carbocycles. The van der Waals surface area contributed by atoms with Crippen molar-refractivity contribution in [1.29, 1.82) is 0 Å². The standard InChI is InChI=1S/C31H33F3N2/c1-19-14-21(18-30(6,7)31(32,33)34)12-13-24(19)26-17-28(36-35-20(26)2)23-15-22-10-8-9-11-25(22)27(16-23)29(3,4)5/h8-17H,18H2,1-7H3/i1D3,2D3,18D2. The summed E-state index contributed by atoms with van der Waals surface area (Å²) in [6, 6.07) is 16.0. The maximum absolute atomic E-state index is 13.9. The van der Waals surface area contributed by atoms with Crippen molar-refractivity contribution in [2.75, 3.05) is 0 Å². The SMILES string of the molecule is [2H]C([2H])([2H])c1cc(C([2H])([2H])C(C)(C)C(F)(F)F)ccc1-c1cc(-c2cc(C(C)(C)C)c3ccccc3c2)nnc1C([2H])([2H])[2H]. The summed E-state index contributed by atoms with van der Waals surface area (Å²) in [7, 11) is 0. The van der Waals surface area contributed by atoms with Gasteiger partial charge in [-0.25, -0.2) is 0 Å². The number of nitrogens with zero attached hydrogens (tertiary/aromatic N) is 2. The Morgan fingerprint density at radius 1 is 0.833 bits per heavy atom. The number of aromatic nitrogens is 2. The lowest BCUT2D eigenvalue weighted by Gasteiger charge is -2.28. The number of halogens is 3. The van der Waals surface area contributed by atoms with Gasteiger partial charge in [0.15, 0.2) is 0 Å². The highest BCUT2D eigenvalue weighted by Crippen LogP contribution is 2.41. The number of fused-ring (bicyclic) bond motifs is 1. The van der Waals surface area contributed by atoms with E-state index in [-0.39, 0.29) is 22.2 Å². The third-order valence-corrected chi connectivity index (χ3v) is 6.23. The molecule has 0 spiro atoms. The Balaban J connectivity index is 2.02. The quantitative estimate of drug-likeness (QED) is 0.280. The first-order chi connectivity index (χ1) is 19.9. The molecule has 36 heavy (non-hydrogen) atoms. The van der Waals surface area contributed by atoms with E-state index in [1.165, 1.54) is 6.07 Å². The first kappa shape index (κ1) is 17.3. The summed E-state index contributed by atoms with van der Waals surface area (Å²) in [5, 5.41) is 10.1. The average Bonchev–Trinajstić information content (AvgIpc) is 2.89. The molecule has 1 heterocycles. The molecule has 3 aromatic carbocycles. The van der Waals surface area contributed by atoms with Crippen molar-refractivity contribution in [2.45, 2.75) is 66.3 Å². The third-order valence-electron chi connectivity index (χ3n) is 6.23. The summed E-state index contributed by atoms with van der Waals surface area (Å²) in [4.78, 5) is 0. The van der Waals surface area contributed by atoms with Crippen molar-refractivity contribution in [2.24, 2.45) is 5.41 Å². The lowest BCUT2D eigenvalue weighted by molar-refractivity contribution is -0.211. The Labute approximate surface area is 222 Å². The van der Waals surface area contributed by atoms with Crippen LogP contribution in [0.5, 0.6) is 0 Å². The van der Waals surface area contributed by atoms with E-state index in [4.69, 9.17) is 11.0 Å². The Kier molecular flexibility index (Phi) is 4.33. The predicted molar refractivity (Wildman–Crippen MR) is 142 cm³/mol. The Hall–Kier alpha value is -3.21. The van der Waals surface area contributed by atoms with Gasteiger partial charge in [-0.15, -0.1) is 0 Å². The van der Waals surface area contributed by atoms with Crippen LogP contribution in [0.2, 0.25) is 0 Å². The number of hydrogen-bond acceptors (Lipinski definition) is 2. The molecule has 0 saturated heterocycles. The Bertz CT molecular complexity index is 1720. The Morgan fingerprint density at radius 2 is 1.58 bits per heavy atom. The van der Waals surface area contributed by atoms with Gasteiger partial charge in [0.05, 0.1) is 16.8 Å². The second kappa shape index (κ2) is 9.02. The molecule has 0 radical (unpaired) electrons. The smallest absolute Gasteiger partial charge is 0.171 e. The van der Waals surface area contributed by atoms with E-state index in [9.17, 15) is 13.2 Å². The number of benzene rings is 3. The molecule has 4 aromatic rings. The van der Waals surface area contributed by atoms with Gasteiger partial charge in [0.1, 0.15) is 0 Å². The van der Waals surface area contributed by atoms with Crippen LogP contribution in [-0.4, -0.2) is 16.4 Å². The summed E-state index contributed by atoms with van der Waals surface area (Å²) in [6.07, 6.45) is -7.97. The average molecular weight is 499 g/mol. The van der Waals surface area contributed by atoms with Crippen LogP contribution in [0.15, 0.2) is 60.7 Å². The second-order valence-corrected chi connectivity index (χ2v) is 10.5. The maximum atomic E-state index is 13.9. The minimum absolute atomic E-state index is 0.0891. The molecule has 0 aliphatic heterocycles. The normalized spacial score (nSPS) is 17.2. The van der Waals surface area contributed by atoms with Crippen LogP contribution < -0.4 is 0 Å². The topological polar surface area (TPSA) is 25.8 Å². The summed E-state index contributed by atoms with van der Waals surface area (Å²) in [6.45, 7) is 1.80. The fourth-order valence-corrected chi connectivity index (χ4v) is 4.11. The van der Waals surface area contributed by atoms with E-state index in [1.807, 2.05) is 36.4 Å². The number of hydrogen-bond donors (Lipinski definition) is 0. The van der Waals surface area contributed by atoms with Crippen molar-refractivity contribution in [3.05, 3.63) is 83.0 Å². The highest BCUT2D eigenvalue weighted by Gasteiger charge is 2.47. The summed E-state index contributed by atoms with van der Waals surface area (Å²) < 4.78 is 107. The van der Waals surface area contributed by atoms with E-state index in [2.05, 4.69) is 31.0 Å². The van der Waals surface area contributed by atoms with E-state index in [0.717, 1.165) is 34.5 Å². The zero-order valence-electron chi connectivity index (χ0n) is 28.8. The molecule has 0 amide bonds. The van der Waals surface area contributed by atoms with Crippen LogP contribution in [0.3, 0.4) is 0 Å². The van der Waals surface area contributed by atoms with Gasteiger partial charge in [0.25, 0.3) is 0 Å². The lowest BCUT2D eigenvalue weighted by Crippen LogP contribution is -2.34. The van der Waals surface area contributed by atoms with Crippen molar-refractivity contribution in [3.8, 4) is 22.4 Å². The minimum atomic E-state index is -4.95. The molecular weight excluding hydrogens is 457 g/mol. The van der Waals surface area contributed by atoms with E-state index in [1.54, 1.807) is 0 Å². The monoisotopic (exact) mass is 498 g/mol. The van der Waals surface area contributed by atoms with Crippen molar-refractivity contribution >= 4 is 10.8 Å². The first-order valence-electron chi connectivity index (χ1n) is 15.5. The zero-order chi connectivity index (χ0) is 33.3. The molecule has 0 bridgehead atoms. The Morgan fingerprint density at radius 3 is 2.25 bits per heavy atom. The van der Waals surface area contributed by atoms with E-state index >= 15 is 0 Å². The highest BCUT2D eigenvalue weighted by atomic mass is 19.4. The minimum Gasteiger partial charge on any atom is -0.171 e. The van der Waals surface area contributed by atoms with E-state index < -0.39 is 48.5 Å². The summed E-state index contributed by atoms with van der Waals surface area (Å²) in [5.41, 5.74) is -2.99. The highest BCUT2D eigenvalue weighted by molar-refractivity contribution is 5.91. The van der Waals surface area contributed by atoms with Crippen LogP contribution in [-0.2, 0) is 11.8 Å². The van der Waals surface area contributed by atoms with Gasteiger partial charge in [-0.3, -0.25) is 0 Å². The van der Waals surface area contributed by atoms with Gasteiger partial charge in [-0.1, -0.05) is 77.1 Å². The fourth-order valence-electron chi connectivity index (χ4n) is 4.11. The lowest BCUT2D eigenvalue weighted by atomic mass is 9.82. The molecular formula is C31H33F3N2. The molecule has 0 fully saturated rings. The molecule has 0 aliphatic rings. The second-order valence-electron chi connectivity index (χ2n) is 10.5. The molecule has 0 atom stereocenters. The van der Waals surface area contributed by atoms with Crippen LogP contribution in [0.1, 0.15) is 68.0 Å². The maximum Gasteiger partial charge on any atom is 0.394 e. The number of alkyl halides is 3. The molecule has 4 rings (SSSR count). The molecule has 5 heteroatoms. The fraction of sp³-hybridized carbons (Fsp3) is 0.355. The van der Waals surface area contributed by atoms with Crippen LogP contribution >= 0.6 is 0 Å². The number of rotatable bonds is 4. The molecule has 0 unspecified atom stereocenters. The third kappa shape index (κ3) is 5.02. The summed E-state index contributed by atoms with van der Waals surface area (Å²) in [5.74, 6) is 0. The molecule has 0 N–H and O–H groups in total. The first-order valence-corrected chi connectivity index (χ1v) is 11.5. The summed E-state index contributed by atoms with van der Waals surface area (Å²) >= 11 is 0. The molecule has 1 aromatic heterocycles. The van der Waals surface area contributed by atoms with Crippen LogP contribution in [0.4, 0.5) is 13.2 Å². The largest absolute Gasteiger partial charge is 0.394 e. The van der Waals surface area contributed by atoms with Gasteiger partial charge in [0.2, 0.25) is 0 Å². The van der Waals surface area contributed by atoms with Crippen molar-refractivity contribution in [1.82, 2.24) is 10.2 Å². The van der Waals surface area contributed by atoms with Crippen molar-refractivity contribution < 1.29 is 24.1 Å². The molecule has 2 nitrogen and oxygen atoms in total. The number of aryl methyl sites for hydroxylation is 2. The van der Waals surface area contributed by atoms with Crippen LogP contribution in [0.25, 0.3) is 33.2 Å². The van der Waals surface area contributed by atoms with E-state index in [0.29, 0.717) is 19.4 Å².